The molecular weight excluding hydrogens is 436 g/mol. The largest absolute Gasteiger partial charge is 0.326 e. The lowest BCUT2D eigenvalue weighted by atomic mass is 10.1. The predicted molar refractivity (Wildman–Crippen MR) is 130 cm³/mol. The standard InChI is InChI=1S/C23H23ClN2O2S2/c1-16-6-12-19(13-7-16)25-21(27)5-3-2-4-14-26-22(28)20(30-23(26)29)15-17-8-10-18(24)11-9-17/h6-13,15H,2-5,14H2,1H3,(H,25,27)/b20-15-. The summed E-state index contributed by atoms with van der Waals surface area (Å²) in [5, 5.41) is 3.56. The Labute approximate surface area is 191 Å². The quantitative estimate of drug-likeness (QED) is 0.297. The van der Waals surface area contributed by atoms with Gasteiger partial charge >= 0.3 is 0 Å². The van der Waals surface area contributed by atoms with Crippen LogP contribution in [0.1, 0.15) is 36.8 Å². The van der Waals surface area contributed by atoms with E-state index in [1.165, 1.54) is 11.8 Å². The Bertz CT molecular complexity index is 956. The monoisotopic (exact) mass is 458 g/mol. The van der Waals surface area contributed by atoms with Gasteiger partial charge in [0, 0.05) is 23.7 Å². The number of hydrogen-bond donors (Lipinski definition) is 1. The molecule has 7 heteroatoms. The van der Waals surface area contributed by atoms with Crippen molar-refractivity contribution in [2.75, 3.05) is 11.9 Å². The Balaban J connectivity index is 1.40. The van der Waals surface area contributed by atoms with Crippen molar-refractivity contribution in [2.45, 2.75) is 32.6 Å². The van der Waals surface area contributed by atoms with Crippen LogP contribution in [0.3, 0.4) is 0 Å². The molecule has 30 heavy (non-hydrogen) atoms. The van der Waals surface area contributed by atoms with Crippen molar-refractivity contribution in [1.29, 1.82) is 0 Å². The summed E-state index contributed by atoms with van der Waals surface area (Å²) in [7, 11) is 0. The summed E-state index contributed by atoms with van der Waals surface area (Å²) in [4.78, 5) is 27.0. The number of anilines is 1. The summed E-state index contributed by atoms with van der Waals surface area (Å²) in [6.07, 6.45) is 4.73. The first-order valence-corrected chi connectivity index (χ1v) is 11.4. The number of hydrogen-bond acceptors (Lipinski definition) is 4. The lowest BCUT2D eigenvalue weighted by Gasteiger charge is -2.14. The number of nitrogens with one attached hydrogen (secondary N) is 1. The van der Waals surface area contributed by atoms with E-state index in [1.54, 1.807) is 17.0 Å². The summed E-state index contributed by atoms with van der Waals surface area (Å²) >= 11 is 12.6. The van der Waals surface area contributed by atoms with Crippen molar-refractivity contribution in [1.82, 2.24) is 4.90 Å². The van der Waals surface area contributed by atoms with Gasteiger partial charge in [-0.05, 0) is 55.7 Å². The van der Waals surface area contributed by atoms with Gasteiger partial charge in [0.2, 0.25) is 5.91 Å². The normalized spacial score (nSPS) is 15.1. The summed E-state index contributed by atoms with van der Waals surface area (Å²) in [5.41, 5.74) is 2.89. The third-order valence-corrected chi connectivity index (χ3v) is 6.29. The number of thiocarbonyl (C=S) groups is 1. The molecule has 0 radical (unpaired) electrons. The van der Waals surface area contributed by atoms with Crippen LogP contribution in [-0.4, -0.2) is 27.6 Å². The van der Waals surface area contributed by atoms with Crippen LogP contribution >= 0.6 is 35.6 Å². The maximum Gasteiger partial charge on any atom is 0.266 e. The van der Waals surface area contributed by atoms with Crippen molar-refractivity contribution in [2.24, 2.45) is 0 Å². The Kier molecular flexibility index (Phi) is 8.08. The van der Waals surface area contributed by atoms with Crippen molar-refractivity contribution < 1.29 is 9.59 Å². The maximum absolute atomic E-state index is 12.6. The van der Waals surface area contributed by atoms with Gasteiger partial charge in [0.15, 0.2) is 0 Å². The molecule has 2 amide bonds. The van der Waals surface area contributed by atoms with Crippen LogP contribution in [0.25, 0.3) is 6.08 Å². The van der Waals surface area contributed by atoms with Gasteiger partial charge in [0.05, 0.1) is 4.91 Å². The molecule has 0 aliphatic carbocycles. The number of carbonyl (C=O) groups is 2. The van der Waals surface area contributed by atoms with Crippen LogP contribution < -0.4 is 5.32 Å². The van der Waals surface area contributed by atoms with Crippen molar-refractivity contribution in [3.8, 4) is 0 Å². The second kappa shape index (κ2) is 10.8. The number of carbonyl (C=O) groups excluding carboxylic acids is 2. The molecule has 0 spiro atoms. The number of aryl methyl sites for hydroxylation is 1. The van der Waals surface area contributed by atoms with Crippen molar-refractivity contribution >= 4 is 63.5 Å². The molecule has 1 fully saturated rings. The number of nitrogens with zero attached hydrogens (tertiary/aromatic N) is 1. The highest BCUT2D eigenvalue weighted by Gasteiger charge is 2.31. The molecule has 0 unspecified atom stereocenters. The first-order chi connectivity index (χ1) is 14.4. The first-order valence-electron chi connectivity index (χ1n) is 9.80. The van der Waals surface area contributed by atoms with Gasteiger partial charge in [-0.2, -0.15) is 0 Å². The Morgan fingerprint density at radius 1 is 1.10 bits per heavy atom. The number of amides is 2. The van der Waals surface area contributed by atoms with Crippen LogP contribution in [0.5, 0.6) is 0 Å². The molecule has 1 N–H and O–H groups in total. The molecule has 1 aliphatic rings. The molecule has 3 rings (SSSR count). The number of rotatable bonds is 8. The molecule has 2 aromatic carbocycles. The van der Waals surface area contributed by atoms with E-state index in [2.05, 4.69) is 5.32 Å². The minimum Gasteiger partial charge on any atom is -0.326 e. The van der Waals surface area contributed by atoms with E-state index in [0.29, 0.717) is 27.2 Å². The SMILES string of the molecule is Cc1ccc(NC(=O)CCCCCN2C(=O)/C(=C/c3ccc(Cl)cc3)SC2=S)cc1. The van der Waals surface area contributed by atoms with E-state index in [-0.39, 0.29) is 11.8 Å². The van der Waals surface area contributed by atoms with Gasteiger partial charge in [-0.25, -0.2) is 0 Å². The van der Waals surface area contributed by atoms with Gasteiger partial charge in [-0.15, -0.1) is 0 Å². The fourth-order valence-electron chi connectivity index (χ4n) is 3.00. The molecule has 4 nitrogen and oxygen atoms in total. The van der Waals surface area contributed by atoms with E-state index in [9.17, 15) is 9.59 Å². The number of benzene rings is 2. The third kappa shape index (κ3) is 6.42. The minimum absolute atomic E-state index is 0.00959. The van der Waals surface area contributed by atoms with Gasteiger partial charge in [0.1, 0.15) is 4.32 Å². The average molecular weight is 459 g/mol. The van der Waals surface area contributed by atoms with Crippen molar-refractivity contribution in [3.05, 3.63) is 69.6 Å². The lowest BCUT2D eigenvalue weighted by molar-refractivity contribution is -0.122. The second-order valence-electron chi connectivity index (χ2n) is 7.11. The van der Waals surface area contributed by atoms with Gasteiger partial charge in [-0.3, -0.25) is 14.5 Å². The van der Waals surface area contributed by atoms with E-state index in [1.807, 2.05) is 49.4 Å². The van der Waals surface area contributed by atoms with Gasteiger partial charge in [-0.1, -0.05) is 71.8 Å². The smallest absolute Gasteiger partial charge is 0.266 e. The molecule has 156 valence electrons. The highest BCUT2D eigenvalue weighted by molar-refractivity contribution is 8.26. The number of halogens is 1. The van der Waals surface area contributed by atoms with Crippen LogP contribution in [0, 0.1) is 6.92 Å². The fourth-order valence-corrected chi connectivity index (χ4v) is 4.43. The molecule has 0 bridgehead atoms. The van der Waals surface area contributed by atoms with E-state index in [0.717, 1.165) is 36.1 Å². The molecule has 1 saturated heterocycles. The molecule has 0 saturated carbocycles. The first kappa shape index (κ1) is 22.5. The zero-order valence-electron chi connectivity index (χ0n) is 16.7. The van der Waals surface area contributed by atoms with Gasteiger partial charge < -0.3 is 5.32 Å². The van der Waals surface area contributed by atoms with Crippen LogP contribution in [0.4, 0.5) is 5.69 Å². The third-order valence-electron chi connectivity index (χ3n) is 4.66. The zero-order valence-corrected chi connectivity index (χ0v) is 19.1. The highest BCUT2D eigenvalue weighted by Crippen LogP contribution is 2.33. The highest BCUT2D eigenvalue weighted by atomic mass is 35.5. The summed E-state index contributed by atoms with van der Waals surface area (Å²) < 4.78 is 0.581. The van der Waals surface area contributed by atoms with E-state index in [4.69, 9.17) is 23.8 Å². The molecular formula is C23H23ClN2O2S2. The van der Waals surface area contributed by atoms with Crippen LogP contribution in [-0.2, 0) is 9.59 Å². The Morgan fingerprint density at radius 2 is 1.80 bits per heavy atom. The van der Waals surface area contributed by atoms with Crippen molar-refractivity contribution in [3.63, 3.8) is 0 Å². The number of unbranched alkanes of at least 4 members (excludes halogenated alkanes) is 2. The molecule has 2 aromatic rings. The summed E-state index contributed by atoms with van der Waals surface area (Å²) in [6.45, 7) is 2.58. The predicted octanol–water partition coefficient (Wildman–Crippen LogP) is 6.05. The van der Waals surface area contributed by atoms with Crippen LogP contribution in [0.15, 0.2) is 53.4 Å². The maximum atomic E-state index is 12.6. The fraction of sp³-hybridized carbons (Fsp3) is 0.261. The lowest BCUT2D eigenvalue weighted by Crippen LogP contribution is -2.29. The molecule has 0 atom stereocenters. The van der Waals surface area contributed by atoms with Gasteiger partial charge in [0.25, 0.3) is 5.91 Å². The van der Waals surface area contributed by atoms with Crippen LogP contribution in [0.2, 0.25) is 5.02 Å². The average Bonchev–Trinajstić information content (AvgIpc) is 2.98. The molecule has 1 heterocycles. The molecule has 1 aliphatic heterocycles. The zero-order chi connectivity index (χ0) is 21.5. The van der Waals surface area contributed by atoms with E-state index < -0.39 is 0 Å². The second-order valence-corrected chi connectivity index (χ2v) is 9.22. The van der Waals surface area contributed by atoms with E-state index >= 15 is 0 Å². The summed E-state index contributed by atoms with van der Waals surface area (Å²) in [5.74, 6) is -0.0487. The minimum atomic E-state index is -0.0583. The molecule has 0 aromatic heterocycles. The Hall–Kier alpha value is -2.15. The number of thioether (sulfide) groups is 1. The topological polar surface area (TPSA) is 49.4 Å². The Morgan fingerprint density at radius 3 is 2.50 bits per heavy atom. The summed E-state index contributed by atoms with van der Waals surface area (Å²) in [6, 6.07) is 15.1.